The summed E-state index contributed by atoms with van der Waals surface area (Å²) in [5.41, 5.74) is 1.64. The molecule has 32 heavy (non-hydrogen) atoms. The minimum Gasteiger partial charge on any atom is -0.508 e. The maximum absolute atomic E-state index is 12.8. The molecule has 0 atom stereocenters. The lowest BCUT2D eigenvalue weighted by atomic mass is 9.74. The molecular formula is C25H27NO6. The van der Waals surface area contributed by atoms with E-state index >= 15 is 0 Å². The number of aromatic hydroxyl groups is 1. The largest absolute Gasteiger partial charge is 0.508 e. The predicted molar refractivity (Wildman–Crippen MR) is 120 cm³/mol. The van der Waals surface area contributed by atoms with E-state index in [-0.39, 0.29) is 23.5 Å². The van der Waals surface area contributed by atoms with Crippen LogP contribution in [0.15, 0.2) is 51.7 Å². The summed E-state index contributed by atoms with van der Waals surface area (Å²) in [7, 11) is 1.63. The number of aryl methyl sites for hydroxylation is 1. The summed E-state index contributed by atoms with van der Waals surface area (Å²) in [6, 6.07) is 12.5. The molecule has 2 N–H and O–H groups in total. The Balaban J connectivity index is 1.53. The number of carbonyl (C=O) groups is 1. The maximum atomic E-state index is 12.8. The fourth-order valence-electron chi connectivity index (χ4n) is 4.35. The number of benzene rings is 2. The molecular weight excluding hydrogens is 410 g/mol. The van der Waals surface area contributed by atoms with Gasteiger partial charge in [-0.1, -0.05) is 12.1 Å². The number of ether oxygens (including phenoxy) is 2. The van der Waals surface area contributed by atoms with Crippen molar-refractivity contribution in [3.05, 3.63) is 69.6 Å². The molecule has 1 amide bonds. The van der Waals surface area contributed by atoms with Crippen LogP contribution in [0.2, 0.25) is 0 Å². The van der Waals surface area contributed by atoms with E-state index in [0.717, 1.165) is 24.2 Å². The molecule has 1 aliphatic rings. The maximum Gasteiger partial charge on any atom is 0.340 e. The highest BCUT2D eigenvalue weighted by molar-refractivity contribution is 5.85. The highest BCUT2D eigenvalue weighted by atomic mass is 16.5. The second-order valence-corrected chi connectivity index (χ2v) is 8.25. The molecule has 1 saturated heterocycles. The first-order valence-corrected chi connectivity index (χ1v) is 10.7. The zero-order chi connectivity index (χ0) is 22.7. The van der Waals surface area contributed by atoms with Gasteiger partial charge in [0.2, 0.25) is 5.91 Å². The average Bonchev–Trinajstić information content (AvgIpc) is 2.81. The topological polar surface area (TPSA) is 98.0 Å². The van der Waals surface area contributed by atoms with Gasteiger partial charge in [-0.2, -0.15) is 0 Å². The van der Waals surface area contributed by atoms with Crippen LogP contribution in [0.5, 0.6) is 11.5 Å². The summed E-state index contributed by atoms with van der Waals surface area (Å²) < 4.78 is 16.2. The number of fused-ring (bicyclic) bond motifs is 1. The first kappa shape index (κ1) is 21.9. The van der Waals surface area contributed by atoms with Crippen molar-refractivity contribution < 1.29 is 23.8 Å². The summed E-state index contributed by atoms with van der Waals surface area (Å²) in [4.78, 5) is 25.3. The molecule has 2 heterocycles. The number of carbonyl (C=O) groups excluding carboxylic acids is 1. The van der Waals surface area contributed by atoms with Gasteiger partial charge in [-0.05, 0) is 55.2 Å². The van der Waals surface area contributed by atoms with Gasteiger partial charge in [0.1, 0.15) is 17.1 Å². The minimum atomic E-state index is -0.563. The Labute approximate surface area is 186 Å². The molecule has 168 valence electrons. The van der Waals surface area contributed by atoms with E-state index in [4.69, 9.17) is 13.9 Å². The second kappa shape index (κ2) is 9.04. The number of nitrogens with one attached hydrogen (secondary N) is 1. The highest BCUT2D eigenvalue weighted by Gasteiger charge is 2.35. The third-order valence-corrected chi connectivity index (χ3v) is 6.38. The van der Waals surface area contributed by atoms with Gasteiger partial charge in [0.15, 0.2) is 0 Å². The molecule has 1 aliphatic heterocycles. The third kappa shape index (κ3) is 4.34. The fourth-order valence-corrected chi connectivity index (χ4v) is 4.35. The summed E-state index contributed by atoms with van der Waals surface area (Å²) in [6.45, 7) is 3.49. The van der Waals surface area contributed by atoms with Gasteiger partial charge in [0.05, 0.1) is 19.1 Å². The van der Waals surface area contributed by atoms with E-state index < -0.39 is 5.63 Å². The normalized spacial score (nSPS) is 15.4. The van der Waals surface area contributed by atoms with Crippen molar-refractivity contribution in [2.24, 2.45) is 0 Å². The van der Waals surface area contributed by atoms with Gasteiger partial charge in [-0.15, -0.1) is 0 Å². The number of rotatable bonds is 6. The molecule has 0 saturated carbocycles. The van der Waals surface area contributed by atoms with E-state index in [0.29, 0.717) is 41.9 Å². The van der Waals surface area contributed by atoms with Crippen LogP contribution < -0.4 is 15.7 Å². The Morgan fingerprint density at radius 2 is 1.88 bits per heavy atom. The zero-order valence-corrected chi connectivity index (χ0v) is 18.3. The lowest BCUT2D eigenvalue weighted by Gasteiger charge is -2.38. The minimum absolute atomic E-state index is 0.0193. The van der Waals surface area contributed by atoms with Crippen LogP contribution in [0.4, 0.5) is 0 Å². The lowest BCUT2D eigenvalue weighted by Crippen LogP contribution is -2.45. The quantitative estimate of drug-likeness (QED) is 0.575. The van der Waals surface area contributed by atoms with Crippen LogP contribution in [0.3, 0.4) is 0 Å². The monoisotopic (exact) mass is 437 g/mol. The first-order valence-electron chi connectivity index (χ1n) is 10.7. The molecule has 0 bridgehead atoms. The lowest BCUT2D eigenvalue weighted by molar-refractivity contribution is -0.121. The van der Waals surface area contributed by atoms with E-state index in [9.17, 15) is 14.7 Å². The van der Waals surface area contributed by atoms with Gasteiger partial charge in [-0.25, -0.2) is 4.79 Å². The summed E-state index contributed by atoms with van der Waals surface area (Å²) in [6.07, 6.45) is 1.51. The Morgan fingerprint density at radius 3 is 2.56 bits per heavy atom. The van der Waals surface area contributed by atoms with Crippen LogP contribution >= 0.6 is 0 Å². The second-order valence-electron chi connectivity index (χ2n) is 8.25. The van der Waals surface area contributed by atoms with Gasteiger partial charge in [-0.3, -0.25) is 4.79 Å². The van der Waals surface area contributed by atoms with E-state index in [1.165, 1.54) is 12.1 Å². The molecule has 2 aromatic carbocycles. The Bertz CT molecular complexity index is 1180. The summed E-state index contributed by atoms with van der Waals surface area (Å²) >= 11 is 0. The Hall–Kier alpha value is -3.32. The SMILES string of the molecule is COc1ccc(C2(CNC(=O)Cc3c(C)c4ccc(O)cc4oc3=O)CCOCC2)cc1. The van der Waals surface area contributed by atoms with Crippen LogP contribution in [-0.4, -0.2) is 37.9 Å². The first-order chi connectivity index (χ1) is 15.4. The van der Waals surface area contributed by atoms with Crippen molar-refractivity contribution in [1.29, 1.82) is 0 Å². The number of phenols is 1. The Morgan fingerprint density at radius 1 is 1.16 bits per heavy atom. The molecule has 7 heteroatoms. The van der Waals surface area contributed by atoms with Crippen molar-refractivity contribution in [1.82, 2.24) is 5.32 Å². The molecule has 1 fully saturated rings. The number of methoxy groups -OCH3 is 1. The summed E-state index contributed by atoms with van der Waals surface area (Å²) in [5.74, 6) is 0.565. The van der Waals surface area contributed by atoms with Crippen molar-refractivity contribution in [2.75, 3.05) is 26.9 Å². The molecule has 0 unspecified atom stereocenters. The fraction of sp³-hybridized carbons (Fsp3) is 0.360. The van der Waals surface area contributed by atoms with Crippen LogP contribution in [0, 0.1) is 6.92 Å². The van der Waals surface area contributed by atoms with Gasteiger partial charge in [0.25, 0.3) is 0 Å². The Kier molecular flexibility index (Phi) is 6.19. The highest BCUT2D eigenvalue weighted by Crippen LogP contribution is 2.35. The summed E-state index contributed by atoms with van der Waals surface area (Å²) in [5, 5.41) is 13.4. The van der Waals surface area contributed by atoms with Crippen LogP contribution in [0.25, 0.3) is 11.0 Å². The van der Waals surface area contributed by atoms with E-state index in [1.807, 2.05) is 24.3 Å². The number of phenolic OH excluding ortho intramolecular Hbond substituents is 1. The van der Waals surface area contributed by atoms with Gasteiger partial charge >= 0.3 is 5.63 Å². The zero-order valence-electron chi connectivity index (χ0n) is 18.3. The molecule has 0 radical (unpaired) electrons. The molecule has 1 aromatic heterocycles. The number of amides is 1. The van der Waals surface area contributed by atoms with Crippen molar-refractivity contribution in [3.8, 4) is 11.5 Å². The molecule has 0 aliphatic carbocycles. The van der Waals surface area contributed by atoms with Crippen molar-refractivity contribution in [3.63, 3.8) is 0 Å². The van der Waals surface area contributed by atoms with Crippen molar-refractivity contribution >= 4 is 16.9 Å². The number of hydrogen-bond donors (Lipinski definition) is 2. The van der Waals surface area contributed by atoms with E-state index in [1.54, 1.807) is 20.1 Å². The standard InChI is InChI=1S/C25H27NO6/c1-16-20-8-5-18(27)13-22(20)32-24(29)21(16)14-23(28)26-15-25(9-11-31-12-10-25)17-3-6-19(30-2)7-4-17/h3-8,13,27H,9-12,14-15H2,1-2H3,(H,26,28). The van der Waals surface area contributed by atoms with Crippen molar-refractivity contribution in [2.45, 2.75) is 31.6 Å². The predicted octanol–water partition coefficient (Wildman–Crippen LogP) is 3.22. The smallest absolute Gasteiger partial charge is 0.340 e. The van der Waals surface area contributed by atoms with Gasteiger partial charge in [0, 0.05) is 36.6 Å². The van der Waals surface area contributed by atoms with E-state index in [2.05, 4.69) is 5.32 Å². The van der Waals surface area contributed by atoms with Crippen LogP contribution in [0.1, 0.15) is 29.5 Å². The van der Waals surface area contributed by atoms with Crippen LogP contribution in [-0.2, 0) is 21.4 Å². The molecule has 3 aromatic rings. The average molecular weight is 437 g/mol. The molecule has 0 spiro atoms. The third-order valence-electron chi connectivity index (χ3n) is 6.38. The molecule has 7 nitrogen and oxygen atoms in total. The molecule has 4 rings (SSSR count). The number of hydrogen-bond acceptors (Lipinski definition) is 6. The van der Waals surface area contributed by atoms with Gasteiger partial charge < -0.3 is 24.3 Å².